The number of rotatable bonds is 6. The lowest BCUT2D eigenvalue weighted by atomic mass is 10.2. The van der Waals surface area contributed by atoms with Crippen LogP contribution in [-0.2, 0) is 0 Å². The Hall–Kier alpha value is -2.43. The SMILES string of the molecule is CCOc1ccc(OCC)c(Nc2cc(C)c(N)cn2)c1. The van der Waals surface area contributed by atoms with Gasteiger partial charge >= 0.3 is 0 Å². The summed E-state index contributed by atoms with van der Waals surface area (Å²) in [6, 6.07) is 7.59. The molecule has 0 aliphatic rings. The predicted molar refractivity (Wildman–Crippen MR) is 85.4 cm³/mol. The summed E-state index contributed by atoms with van der Waals surface area (Å²) in [5.74, 6) is 2.27. The van der Waals surface area contributed by atoms with E-state index in [1.165, 1.54) is 0 Å². The Kier molecular flexibility index (Phi) is 4.87. The molecule has 0 fully saturated rings. The number of nitrogens with two attached hydrogens (primary N) is 1. The molecule has 0 aliphatic carbocycles. The normalized spacial score (nSPS) is 10.2. The average Bonchev–Trinajstić information content (AvgIpc) is 2.46. The van der Waals surface area contributed by atoms with E-state index < -0.39 is 0 Å². The number of hydrogen-bond donors (Lipinski definition) is 2. The van der Waals surface area contributed by atoms with Gasteiger partial charge < -0.3 is 20.5 Å². The van der Waals surface area contributed by atoms with Crippen molar-refractivity contribution in [1.29, 1.82) is 0 Å². The standard InChI is InChI=1S/C16H21N3O2/c1-4-20-12-6-7-15(21-5-2)14(9-12)19-16-8-11(3)13(17)10-18-16/h6-10H,4-5,17H2,1-3H3,(H,18,19). The second-order valence-electron chi connectivity index (χ2n) is 4.58. The Morgan fingerprint density at radius 2 is 1.90 bits per heavy atom. The zero-order chi connectivity index (χ0) is 15.2. The average molecular weight is 287 g/mol. The summed E-state index contributed by atoms with van der Waals surface area (Å²) < 4.78 is 11.2. The highest BCUT2D eigenvalue weighted by molar-refractivity contribution is 5.67. The molecule has 0 amide bonds. The van der Waals surface area contributed by atoms with Gasteiger partial charge in [-0.05, 0) is 44.5 Å². The highest BCUT2D eigenvalue weighted by Gasteiger charge is 2.08. The molecular formula is C16H21N3O2. The van der Waals surface area contributed by atoms with Crippen molar-refractivity contribution in [1.82, 2.24) is 4.98 Å². The van der Waals surface area contributed by atoms with Crippen LogP contribution in [-0.4, -0.2) is 18.2 Å². The van der Waals surface area contributed by atoms with Crippen LogP contribution >= 0.6 is 0 Å². The smallest absolute Gasteiger partial charge is 0.143 e. The molecule has 5 nitrogen and oxygen atoms in total. The molecule has 112 valence electrons. The summed E-state index contributed by atoms with van der Waals surface area (Å²) in [5, 5.41) is 3.25. The van der Waals surface area contributed by atoms with E-state index in [9.17, 15) is 0 Å². The molecule has 1 aromatic heterocycles. The fourth-order valence-corrected chi connectivity index (χ4v) is 1.92. The van der Waals surface area contributed by atoms with Crippen molar-refractivity contribution in [2.45, 2.75) is 20.8 Å². The molecule has 21 heavy (non-hydrogen) atoms. The summed E-state index contributed by atoms with van der Waals surface area (Å²) in [4.78, 5) is 4.28. The van der Waals surface area contributed by atoms with Gasteiger partial charge in [-0.15, -0.1) is 0 Å². The summed E-state index contributed by atoms with van der Waals surface area (Å²) in [6.45, 7) is 7.06. The van der Waals surface area contributed by atoms with Crippen molar-refractivity contribution in [2.75, 3.05) is 24.3 Å². The van der Waals surface area contributed by atoms with Gasteiger partial charge in [-0.2, -0.15) is 0 Å². The maximum absolute atomic E-state index is 5.79. The zero-order valence-corrected chi connectivity index (χ0v) is 12.6. The van der Waals surface area contributed by atoms with Crippen LogP contribution < -0.4 is 20.5 Å². The number of nitrogen functional groups attached to an aromatic ring is 1. The van der Waals surface area contributed by atoms with Gasteiger partial charge in [-0.3, -0.25) is 0 Å². The van der Waals surface area contributed by atoms with Gasteiger partial charge in [0.2, 0.25) is 0 Å². The molecule has 5 heteroatoms. The van der Waals surface area contributed by atoms with Crippen LogP contribution in [0.15, 0.2) is 30.5 Å². The lowest BCUT2D eigenvalue weighted by Gasteiger charge is -2.14. The maximum Gasteiger partial charge on any atom is 0.143 e. The number of nitrogens with zero attached hydrogens (tertiary/aromatic N) is 1. The van der Waals surface area contributed by atoms with Gasteiger partial charge in [0.15, 0.2) is 0 Å². The van der Waals surface area contributed by atoms with E-state index in [1.807, 2.05) is 45.0 Å². The Morgan fingerprint density at radius 1 is 1.14 bits per heavy atom. The van der Waals surface area contributed by atoms with Crippen molar-refractivity contribution in [2.24, 2.45) is 0 Å². The number of anilines is 3. The van der Waals surface area contributed by atoms with Gasteiger partial charge in [0.1, 0.15) is 17.3 Å². The number of pyridine rings is 1. The number of aryl methyl sites for hydroxylation is 1. The van der Waals surface area contributed by atoms with Crippen LogP contribution in [0.5, 0.6) is 11.5 Å². The van der Waals surface area contributed by atoms with Gasteiger partial charge in [0, 0.05) is 6.07 Å². The van der Waals surface area contributed by atoms with E-state index in [0.717, 1.165) is 28.6 Å². The topological polar surface area (TPSA) is 69.4 Å². The molecule has 2 aromatic rings. The molecule has 3 N–H and O–H groups in total. The van der Waals surface area contributed by atoms with E-state index in [4.69, 9.17) is 15.2 Å². The van der Waals surface area contributed by atoms with E-state index in [1.54, 1.807) is 6.20 Å². The Labute approximate surface area is 125 Å². The number of ether oxygens (including phenoxy) is 2. The summed E-state index contributed by atoms with van der Waals surface area (Å²) in [7, 11) is 0. The Morgan fingerprint density at radius 3 is 2.57 bits per heavy atom. The van der Waals surface area contributed by atoms with E-state index >= 15 is 0 Å². The highest BCUT2D eigenvalue weighted by Crippen LogP contribution is 2.31. The molecule has 2 rings (SSSR count). The number of hydrogen-bond acceptors (Lipinski definition) is 5. The number of nitrogens with one attached hydrogen (secondary N) is 1. The minimum atomic E-state index is 0.594. The fourth-order valence-electron chi connectivity index (χ4n) is 1.92. The summed E-state index contributed by atoms with van der Waals surface area (Å²) in [6.07, 6.45) is 1.64. The first-order valence-electron chi connectivity index (χ1n) is 7.02. The molecule has 0 atom stereocenters. The summed E-state index contributed by atoms with van der Waals surface area (Å²) >= 11 is 0. The van der Waals surface area contributed by atoms with Gasteiger partial charge in [-0.1, -0.05) is 0 Å². The lowest BCUT2D eigenvalue weighted by molar-refractivity contribution is 0.332. The second kappa shape index (κ2) is 6.83. The molecule has 0 unspecified atom stereocenters. The number of aromatic nitrogens is 1. The zero-order valence-electron chi connectivity index (χ0n) is 12.6. The monoisotopic (exact) mass is 287 g/mol. The predicted octanol–water partition coefficient (Wildman–Crippen LogP) is 3.51. The lowest BCUT2D eigenvalue weighted by Crippen LogP contribution is -2.01. The quantitative estimate of drug-likeness (QED) is 0.850. The van der Waals surface area contributed by atoms with Crippen molar-refractivity contribution in [3.63, 3.8) is 0 Å². The first-order valence-corrected chi connectivity index (χ1v) is 7.02. The first-order chi connectivity index (χ1) is 10.1. The fraction of sp³-hybridized carbons (Fsp3) is 0.312. The molecule has 0 spiro atoms. The summed E-state index contributed by atoms with van der Waals surface area (Å²) in [5.41, 5.74) is 8.26. The van der Waals surface area contributed by atoms with Crippen LogP contribution in [0, 0.1) is 6.92 Å². The van der Waals surface area contributed by atoms with Crippen molar-refractivity contribution < 1.29 is 9.47 Å². The minimum absolute atomic E-state index is 0.594. The van der Waals surface area contributed by atoms with Gasteiger partial charge in [0.05, 0.1) is 30.8 Å². The van der Waals surface area contributed by atoms with E-state index in [2.05, 4.69) is 10.3 Å². The maximum atomic E-state index is 5.79. The van der Waals surface area contributed by atoms with Crippen molar-refractivity contribution >= 4 is 17.2 Å². The minimum Gasteiger partial charge on any atom is -0.494 e. The third kappa shape index (κ3) is 3.78. The molecule has 0 saturated carbocycles. The number of benzene rings is 1. The largest absolute Gasteiger partial charge is 0.494 e. The molecule has 1 aromatic carbocycles. The van der Waals surface area contributed by atoms with Crippen LogP contribution in [0.25, 0.3) is 0 Å². The molecule has 0 radical (unpaired) electrons. The van der Waals surface area contributed by atoms with Crippen LogP contribution in [0.1, 0.15) is 19.4 Å². The van der Waals surface area contributed by atoms with Crippen molar-refractivity contribution in [3.05, 3.63) is 36.0 Å². The Bertz CT molecular complexity index is 614. The molecule has 0 aliphatic heterocycles. The van der Waals surface area contributed by atoms with Crippen LogP contribution in [0.4, 0.5) is 17.2 Å². The van der Waals surface area contributed by atoms with E-state index in [0.29, 0.717) is 18.9 Å². The van der Waals surface area contributed by atoms with Gasteiger partial charge in [0.25, 0.3) is 0 Å². The second-order valence-corrected chi connectivity index (χ2v) is 4.58. The molecular weight excluding hydrogens is 266 g/mol. The molecule has 1 heterocycles. The third-order valence-electron chi connectivity index (χ3n) is 2.98. The molecule has 0 saturated heterocycles. The Balaban J connectivity index is 2.30. The first kappa shape index (κ1) is 15.0. The van der Waals surface area contributed by atoms with Crippen LogP contribution in [0.3, 0.4) is 0 Å². The van der Waals surface area contributed by atoms with E-state index in [-0.39, 0.29) is 0 Å². The van der Waals surface area contributed by atoms with Crippen molar-refractivity contribution in [3.8, 4) is 11.5 Å². The molecule has 0 bridgehead atoms. The third-order valence-corrected chi connectivity index (χ3v) is 2.98. The van der Waals surface area contributed by atoms with Gasteiger partial charge in [-0.25, -0.2) is 4.98 Å². The highest BCUT2D eigenvalue weighted by atomic mass is 16.5. The van der Waals surface area contributed by atoms with Crippen LogP contribution in [0.2, 0.25) is 0 Å².